The molecule has 0 saturated carbocycles. The number of nitrogens with one attached hydrogen (secondary N) is 2. The second-order valence-corrected chi connectivity index (χ2v) is 7.10. The van der Waals surface area contributed by atoms with Gasteiger partial charge in [0.1, 0.15) is 12.6 Å². The summed E-state index contributed by atoms with van der Waals surface area (Å²) in [6, 6.07) is 8.26. The van der Waals surface area contributed by atoms with Crippen molar-refractivity contribution in [1.82, 2.24) is 10.6 Å². The number of nitrogens with zero attached hydrogens (tertiary/aromatic N) is 1. The quantitative estimate of drug-likeness (QED) is 0.361. The van der Waals surface area contributed by atoms with Crippen LogP contribution in [0.3, 0.4) is 0 Å². The molecule has 0 bridgehead atoms. The molecule has 1 aromatic carbocycles. The number of aryl methyl sites for hydroxylation is 1. The zero-order valence-electron chi connectivity index (χ0n) is 16.4. The number of carboxylic acid groups (broad SMARTS) is 1. The van der Waals surface area contributed by atoms with Crippen molar-refractivity contribution in [2.75, 3.05) is 6.61 Å². The molecule has 1 amide bonds. The van der Waals surface area contributed by atoms with Gasteiger partial charge < -0.3 is 15.3 Å². The van der Waals surface area contributed by atoms with Gasteiger partial charge in [-0.25, -0.2) is 4.79 Å². The minimum Gasteiger partial charge on any atom is -0.480 e. The number of aliphatic carboxylic acids is 1. The van der Waals surface area contributed by atoms with Crippen molar-refractivity contribution in [3.63, 3.8) is 0 Å². The third kappa shape index (κ3) is 9.19. The van der Waals surface area contributed by atoms with Crippen LogP contribution in [-0.2, 0) is 20.8 Å². The number of benzene rings is 1. The summed E-state index contributed by atoms with van der Waals surface area (Å²) in [5.74, 6) is -1.18. The van der Waals surface area contributed by atoms with Crippen molar-refractivity contribution in [2.24, 2.45) is 11.1 Å². The van der Waals surface area contributed by atoms with Gasteiger partial charge >= 0.3 is 5.97 Å². The smallest absolute Gasteiger partial charge is 0.326 e. The Labute approximate surface area is 161 Å². The summed E-state index contributed by atoms with van der Waals surface area (Å²) in [5.41, 5.74) is 1.12. The van der Waals surface area contributed by atoms with Gasteiger partial charge in [0, 0.05) is 12.8 Å². The summed E-state index contributed by atoms with van der Waals surface area (Å²) in [6.45, 7) is 9.26. The van der Waals surface area contributed by atoms with E-state index in [1.807, 2.05) is 51.1 Å². The number of carboxylic acids is 1. The van der Waals surface area contributed by atoms with E-state index in [4.69, 9.17) is 4.84 Å². The van der Waals surface area contributed by atoms with E-state index in [-0.39, 0.29) is 24.5 Å². The molecular formula is C20H31N3O4. The van der Waals surface area contributed by atoms with Gasteiger partial charge in [0.15, 0.2) is 0 Å². The molecule has 7 heteroatoms. The molecule has 1 unspecified atom stereocenters. The summed E-state index contributed by atoms with van der Waals surface area (Å²) in [5, 5.41) is 18.6. The van der Waals surface area contributed by atoms with E-state index in [0.29, 0.717) is 19.3 Å². The second kappa shape index (κ2) is 12.1. The van der Waals surface area contributed by atoms with Gasteiger partial charge in [-0.2, -0.15) is 0 Å². The molecular weight excluding hydrogens is 346 g/mol. The largest absolute Gasteiger partial charge is 0.480 e. The van der Waals surface area contributed by atoms with Crippen LogP contribution in [-0.4, -0.2) is 48.4 Å². The summed E-state index contributed by atoms with van der Waals surface area (Å²) >= 11 is 0. The molecule has 27 heavy (non-hydrogen) atoms. The van der Waals surface area contributed by atoms with Gasteiger partial charge in [0.05, 0.1) is 6.04 Å². The fraction of sp³-hybridized carbons (Fsp3) is 0.550. The van der Waals surface area contributed by atoms with Crippen LogP contribution in [0.15, 0.2) is 35.5 Å². The standard InChI is InChI=1S/C20H31N3O4/c1-14(2)12-18(20(25)26)23-19(24)17(22-15(3)13-27-21-4)11-10-16-8-6-5-7-9-16/h5-9,14-15,17-18,22H,4,10-13H2,1-3H3,(H,23,24)(H,25,26)/t15?,17-,18-/m0/s1. The zero-order chi connectivity index (χ0) is 20.2. The van der Waals surface area contributed by atoms with E-state index < -0.39 is 18.1 Å². The topological polar surface area (TPSA) is 100 Å². The molecule has 0 aromatic heterocycles. The highest BCUT2D eigenvalue weighted by atomic mass is 16.6. The predicted molar refractivity (Wildman–Crippen MR) is 106 cm³/mol. The first kappa shape index (κ1) is 22.6. The first-order chi connectivity index (χ1) is 12.8. The van der Waals surface area contributed by atoms with Crippen molar-refractivity contribution in [3.8, 4) is 0 Å². The molecule has 0 aliphatic carbocycles. The Morgan fingerprint density at radius 2 is 1.85 bits per heavy atom. The van der Waals surface area contributed by atoms with Gasteiger partial charge in [0.25, 0.3) is 0 Å². The average Bonchev–Trinajstić information content (AvgIpc) is 2.63. The number of carbonyl (C=O) groups excluding carboxylic acids is 1. The first-order valence-electron chi connectivity index (χ1n) is 9.24. The Kier molecular flexibility index (Phi) is 10.1. The molecule has 0 aliphatic heterocycles. The highest BCUT2D eigenvalue weighted by Gasteiger charge is 2.26. The molecule has 0 radical (unpaired) electrons. The number of hydrogen-bond donors (Lipinski definition) is 3. The van der Waals surface area contributed by atoms with Crippen LogP contribution >= 0.6 is 0 Å². The minimum atomic E-state index is -1.02. The van der Waals surface area contributed by atoms with Gasteiger partial charge in [-0.15, -0.1) is 5.16 Å². The van der Waals surface area contributed by atoms with Crippen LogP contribution in [0.5, 0.6) is 0 Å². The molecule has 7 nitrogen and oxygen atoms in total. The Morgan fingerprint density at radius 1 is 1.19 bits per heavy atom. The maximum absolute atomic E-state index is 12.8. The van der Waals surface area contributed by atoms with E-state index in [0.717, 1.165) is 5.56 Å². The normalized spacial score (nSPS) is 14.2. The maximum Gasteiger partial charge on any atom is 0.326 e. The van der Waals surface area contributed by atoms with Crippen LogP contribution in [0, 0.1) is 5.92 Å². The Bertz CT molecular complexity index is 592. The average molecular weight is 377 g/mol. The Balaban J connectivity index is 2.78. The molecule has 1 rings (SSSR count). The lowest BCUT2D eigenvalue weighted by molar-refractivity contribution is -0.142. The summed E-state index contributed by atoms with van der Waals surface area (Å²) < 4.78 is 0. The number of oxime groups is 1. The van der Waals surface area contributed by atoms with Crippen LogP contribution in [0.25, 0.3) is 0 Å². The molecule has 150 valence electrons. The number of rotatable bonds is 13. The minimum absolute atomic E-state index is 0.143. The zero-order valence-corrected chi connectivity index (χ0v) is 16.4. The fourth-order valence-corrected chi connectivity index (χ4v) is 2.77. The van der Waals surface area contributed by atoms with Crippen LogP contribution in [0.2, 0.25) is 0 Å². The second-order valence-electron chi connectivity index (χ2n) is 7.10. The summed E-state index contributed by atoms with van der Waals surface area (Å²) in [6.07, 6.45) is 1.61. The highest BCUT2D eigenvalue weighted by molar-refractivity contribution is 5.87. The van der Waals surface area contributed by atoms with E-state index in [9.17, 15) is 14.7 Å². The van der Waals surface area contributed by atoms with Crippen molar-refractivity contribution in [2.45, 2.75) is 58.2 Å². The maximum atomic E-state index is 12.8. The number of carbonyl (C=O) groups is 2. The predicted octanol–water partition coefficient (Wildman–Crippen LogP) is 2.21. The first-order valence-corrected chi connectivity index (χ1v) is 9.24. The van der Waals surface area contributed by atoms with Crippen molar-refractivity contribution < 1.29 is 19.5 Å². The Morgan fingerprint density at radius 3 is 2.41 bits per heavy atom. The van der Waals surface area contributed by atoms with E-state index >= 15 is 0 Å². The lowest BCUT2D eigenvalue weighted by atomic mass is 10.0. The van der Waals surface area contributed by atoms with Crippen molar-refractivity contribution in [3.05, 3.63) is 35.9 Å². The van der Waals surface area contributed by atoms with Gasteiger partial charge in [0.2, 0.25) is 5.91 Å². The lowest BCUT2D eigenvalue weighted by Gasteiger charge is -2.25. The SMILES string of the molecule is C=NOCC(C)N[C@@H](CCc1ccccc1)C(=O)N[C@@H](CC(C)C)C(=O)O. The van der Waals surface area contributed by atoms with Gasteiger partial charge in [-0.3, -0.25) is 10.1 Å². The third-order valence-electron chi connectivity index (χ3n) is 4.10. The van der Waals surface area contributed by atoms with Crippen LogP contribution in [0.1, 0.15) is 39.2 Å². The molecule has 3 N–H and O–H groups in total. The fourth-order valence-electron chi connectivity index (χ4n) is 2.77. The lowest BCUT2D eigenvalue weighted by Crippen LogP contribution is -2.53. The van der Waals surface area contributed by atoms with E-state index in [1.54, 1.807) is 0 Å². The van der Waals surface area contributed by atoms with Crippen molar-refractivity contribution in [1.29, 1.82) is 0 Å². The summed E-state index contributed by atoms with van der Waals surface area (Å²) in [7, 11) is 0. The molecule has 0 spiro atoms. The Hall–Kier alpha value is -2.41. The van der Waals surface area contributed by atoms with Gasteiger partial charge in [-0.05, 0) is 37.7 Å². The molecule has 3 atom stereocenters. The van der Waals surface area contributed by atoms with Crippen LogP contribution < -0.4 is 10.6 Å². The van der Waals surface area contributed by atoms with Crippen LogP contribution in [0.4, 0.5) is 0 Å². The molecule has 1 aromatic rings. The molecule has 0 heterocycles. The third-order valence-corrected chi connectivity index (χ3v) is 4.10. The van der Waals surface area contributed by atoms with E-state index in [2.05, 4.69) is 22.5 Å². The van der Waals surface area contributed by atoms with Gasteiger partial charge in [-0.1, -0.05) is 44.2 Å². The van der Waals surface area contributed by atoms with Crippen molar-refractivity contribution >= 4 is 18.6 Å². The highest BCUT2D eigenvalue weighted by Crippen LogP contribution is 2.09. The molecule has 0 fully saturated rings. The summed E-state index contributed by atoms with van der Waals surface area (Å²) in [4.78, 5) is 29.2. The molecule has 0 saturated heterocycles. The monoisotopic (exact) mass is 377 g/mol. The number of amides is 1. The van der Waals surface area contributed by atoms with E-state index in [1.165, 1.54) is 0 Å². The number of hydrogen-bond acceptors (Lipinski definition) is 5. The molecule has 0 aliphatic rings.